The Morgan fingerprint density at radius 3 is 2.15 bits per heavy atom. The Kier molecular flexibility index (Phi) is 7.30. The zero-order valence-electron chi connectivity index (χ0n) is 19.1. The highest BCUT2D eigenvalue weighted by Crippen LogP contribution is 2.32. The molecule has 1 aliphatic heterocycles. The van der Waals surface area contributed by atoms with Crippen LogP contribution in [-0.4, -0.2) is 47.3 Å². The Hall–Kier alpha value is -4.21. The second-order valence-corrected chi connectivity index (χ2v) is 7.83. The number of ether oxygens (including phenoxy) is 1. The molecule has 1 heterocycles. The number of rotatable bonds is 8. The quantitative estimate of drug-likeness (QED) is 0.404. The van der Waals surface area contributed by atoms with Crippen LogP contribution in [0.2, 0.25) is 0 Å². The van der Waals surface area contributed by atoms with E-state index in [1.807, 2.05) is 0 Å². The first kappa shape index (κ1) is 24.4. The number of hydrogen-bond acceptors (Lipinski definition) is 6. The molecule has 2 atom stereocenters. The van der Waals surface area contributed by atoms with Crippen LogP contribution < -0.4 is 16.0 Å². The summed E-state index contributed by atoms with van der Waals surface area (Å²) in [5, 5.41) is 7.89. The normalized spacial score (nSPS) is 18.1. The molecule has 0 aliphatic carbocycles. The van der Waals surface area contributed by atoms with E-state index < -0.39 is 42.0 Å². The fourth-order valence-electron chi connectivity index (χ4n) is 3.63. The first-order chi connectivity index (χ1) is 16.2. The molecule has 2 aromatic carbocycles. The predicted molar refractivity (Wildman–Crippen MR) is 124 cm³/mol. The molecule has 34 heavy (non-hydrogen) atoms. The minimum Gasteiger partial charge on any atom is -0.451 e. The highest BCUT2D eigenvalue weighted by molar-refractivity contribution is 6.09. The third-order valence-electron chi connectivity index (χ3n) is 5.41. The van der Waals surface area contributed by atoms with E-state index >= 15 is 0 Å². The van der Waals surface area contributed by atoms with Gasteiger partial charge >= 0.3 is 12.0 Å². The summed E-state index contributed by atoms with van der Waals surface area (Å²) in [6, 6.07) is 14.5. The largest absolute Gasteiger partial charge is 0.451 e. The Labute approximate surface area is 196 Å². The molecule has 178 valence electrons. The number of nitrogens with zero attached hydrogens (tertiary/aromatic N) is 1. The van der Waals surface area contributed by atoms with Crippen molar-refractivity contribution in [2.24, 2.45) is 0 Å². The number of imide groups is 1. The topological polar surface area (TPSA) is 134 Å². The SMILES string of the molecule is CCC1(c2ccccc2)NC(=O)N(CC(=O)OC(C)C(=O)Nc2ccc(NC(C)=O)cc2)C1=O. The summed E-state index contributed by atoms with van der Waals surface area (Å²) >= 11 is 0. The molecule has 0 spiro atoms. The van der Waals surface area contributed by atoms with E-state index in [4.69, 9.17) is 4.74 Å². The second kappa shape index (κ2) is 10.2. The van der Waals surface area contributed by atoms with Crippen molar-refractivity contribution in [1.82, 2.24) is 10.2 Å². The molecule has 5 amide bonds. The molecule has 10 nitrogen and oxygen atoms in total. The fraction of sp³-hybridized carbons (Fsp3) is 0.292. The number of urea groups is 1. The van der Waals surface area contributed by atoms with Gasteiger partial charge in [0.25, 0.3) is 11.8 Å². The second-order valence-electron chi connectivity index (χ2n) is 7.83. The van der Waals surface area contributed by atoms with Crippen LogP contribution in [-0.2, 0) is 29.5 Å². The third kappa shape index (κ3) is 5.22. The van der Waals surface area contributed by atoms with Crippen LogP contribution in [0, 0.1) is 0 Å². The molecule has 1 aliphatic rings. The van der Waals surface area contributed by atoms with Crippen LogP contribution >= 0.6 is 0 Å². The van der Waals surface area contributed by atoms with Crippen molar-refractivity contribution in [2.45, 2.75) is 38.8 Å². The minimum atomic E-state index is -1.26. The molecule has 0 aromatic heterocycles. The third-order valence-corrected chi connectivity index (χ3v) is 5.41. The number of nitrogens with one attached hydrogen (secondary N) is 3. The van der Waals surface area contributed by atoms with Gasteiger partial charge in [-0.2, -0.15) is 0 Å². The van der Waals surface area contributed by atoms with Crippen molar-refractivity contribution in [3.63, 3.8) is 0 Å². The molecule has 3 N–H and O–H groups in total. The summed E-state index contributed by atoms with van der Waals surface area (Å²) in [5.41, 5.74) is 0.359. The predicted octanol–water partition coefficient (Wildman–Crippen LogP) is 2.37. The van der Waals surface area contributed by atoms with Gasteiger partial charge in [-0.1, -0.05) is 37.3 Å². The Morgan fingerprint density at radius 1 is 1.00 bits per heavy atom. The molecule has 0 saturated carbocycles. The van der Waals surface area contributed by atoms with Gasteiger partial charge < -0.3 is 20.7 Å². The van der Waals surface area contributed by atoms with Crippen LogP contribution in [0.1, 0.15) is 32.8 Å². The highest BCUT2D eigenvalue weighted by Gasteiger charge is 2.51. The number of anilines is 2. The summed E-state index contributed by atoms with van der Waals surface area (Å²) in [6.07, 6.45) is -0.875. The maximum atomic E-state index is 13.1. The lowest BCUT2D eigenvalue weighted by molar-refractivity contribution is -0.155. The van der Waals surface area contributed by atoms with Crippen molar-refractivity contribution in [3.8, 4) is 0 Å². The maximum absolute atomic E-state index is 13.1. The van der Waals surface area contributed by atoms with Crippen LogP contribution in [0.4, 0.5) is 16.2 Å². The van der Waals surface area contributed by atoms with Gasteiger partial charge in [0, 0.05) is 18.3 Å². The number of carbonyl (C=O) groups is 5. The van der Waals surface area contributed by atoms with E-state index in [2.05, 4.69) is 16.0 Å². The summed E-state index contributed by atoms with van der Waals surface area (Å²) < 4.78 is 5.14. The summed E-state index contributed by atoms with van der Waals surface area (Å²) in [6.45, 7) is 3.91. The van der Waals surface area contributed by atoms with Crippen LogP contribution in [0.5, 0.6) is 0 Å². The first-order valence-corrected chi connectivity index (χ1v) is 10.7. The lowest BCUT2D eigenvalue weighted by Gasteiger charge is -2.25. The zero-order chi connectivity index (χ0) is 24.9. The van der Waals surface area contributed by atoms with Gasteiger partial charge in [0.2, 0.25) is 5.91 Å². The van der Waals surface area contributed by atoms with E-state index in [1.54, 1.807) is 61.5 Å². The number of hydrogen-bond donors (Lipinski definition) is 3. The van der Waals surface area contributed by atoms with E-state index in [0.717, 1.165) is 4.90 Å². The van der Waals surface area contributed by atoms with Gasteiger partial charge in [-0.05, 0) is 43.2 Å². The number of carbonyl (C=O) groups excluding carboxylic acids is 5. The lowest BCUT2D eigenvalue weighted by Crippen LogP contribution is -2.44. The highest BCUT2D eigenvalue weighted by atomic mass is 16.5. The maximum Gasteiger partial charge on any atom is 0.327 e. The van der Waals surface area contributed by atoms with Crippen LogP contribution in [0.3, 0.4) is 0 Å². The Balaban J connectivity index is 1.59. The van der Waals surface area contributed by atoms with Crippen molar-refractivity contribution in [3.05, 3.63) is 60.2 Å². The van der Waals surface area contributed by atoms with E-state index in [-0.39, 0.29) is 5.91 Å². The Morgan fingerprint density at radius 2 is 1.59 bits per heavy atom. The van der Waals surface area contributed by atoms with Gasteiger partial charge in [0.1, 0.15) is 12.1 Å². The van der Waals surface area contributed by atoms with Crippen molar-refractivity contribution < 1.29 is 28.7 Å². The standard InChI is InChI=1S/C24H26N4O6/c1-4-24(17-8-6-5-7-9-17)22(32)28(23(33)27-24)14-20(30)34-15(2)21(31)26-19-12-10-18(11-13-19)25-16(3)29/h5-13,15H,4,14H2,1-3H3,(H,25,29)(H,26,31)(H,27,33). The molecular formula is C24H26N4O6. The summed E-state index contributed by atoms with van der Waals surface area (Å²) in [7, 11) is 0. The smallest absolute Gasteiger partial charge is 0.327 e. The molecule has 2 aromatic rings. The molecule has 0 radical (unpaired) electrons. The summed E-state index contributed by atoms with van der Waals surface area (Å²) in [5.74, 6) is -2.26. The van der Waals surface area contributed by atoms with Gasteiger partial charge in [-0.15, -0.1) is 0 Å². The molecule has 0 bridgehead atoms. The van der Waals surface area contributed by atoms with Crippen molar-refractivity contribution in [1.29, 1.82) is 0 Å². The van der Waals surface area contributed by atoms with Crippen LogP contribution in [0.25, 0.3) is 0 Å². The molecular weight excluding hydrogens is 440 g/mol. The average molecular weight is 466 g/mol. The average Bonchev–Trinajstić information content (AvgIpc) is 3.05. The monoisotopic (exact) mass is 466 g/mol. The van der Waals surface area contributed by atoms with Gasteiger partial charge in [-0.25, -0.2) is 4.79 Å². The van der Waals surface area contributed by atoms with Crippen molar-refractivity contribution >= 4 is 41.1 Å². The lowest BCUT2D eigenvalue weighted by atomic mass is 9.87. The van der Waals surface area contributed by atoms with E-state index in [0.29, 0.717) is 23.4 Å². The van der Waals surface area contributed by atoms with Crippen molar-refractivity contribution in [2.75, 3.05) is 17.2 Å². The number of esters is 1. The molecule has 3 rings (SSSR count). The van der Waals surface area contributed by atoms with E-state index in [1.165, 1.54) is 13.8 Å². The van der Waals surface area contributed by atoms with Gasteiger partial charge in [0.15, 0.2) is 6.10 Å². The Bertz CT molecular complexity index is 1100. The zero-order valence-corrected chi connectivity index (χ0v) is 19.1. The van der Waals surface area contributed by atoms with Gasteiger partial charge in [0.05, 0.1) is 0 Å². The summed E-state index contributed by atoms with van der Waals surface area (Å²) in [4.78, 5) is 62.3. The van der Waals surface area contributed by atoms with E-state index in [9.17, 15) is 24.0 Å². The molecule has 1 fully saturated rings. The van der Waals surface area contributed by atoms with Crippen LogP contribution in [0.15, 0.2) is 54.6 Å². The van der Waals surface area contributed by atoms with Gasteiger partial charge in [-0.3, -0.25) is 24.1 Å². The molecule has 10 heteroatoms. The molecule has 2 unspecified atom stereocenters. The fourth-order valence-corrected chi connectivity index (χ4v) is 3.63. The first-order valence-electron chi connectivity index (χ1n) is 10.7. The minimum absolute atomic E-state index is 0.220. The number of amides is 5. The number of benzene rings is 2. The molecule has 1 saturated heterocycles.